The van der Waals surface area contributed by atoms with E-state index in [1.807, 2.05) is 6.07 Å². The van der Waals surface area contributed by atoms with Gasteiger partial charge in [-0.2, -0.15) is 10.0 Å². The van der Waals surface area contributed by atoms with Crippen LogP contribution in [-0.4, -0.2) is 27.2 Å². The number of amides is 2. The van der Waals surface area contributed by atoms with Gasteiger partial charge in [0, 0.05) is 0 Å². The average molecular weight is 260 g/mol. The summed E-state index contributed by atoms with van der Waals surface area (Å²) in [7, 11) is 0. The highest BCUT2D eigenvalue weighted by molar-refractivity contribution is 8.26. The Balaban J connectivity index is 2.04. The lowest BCUT2D eigenvalue weighted by Crippen LogP contribution is -2.40. The fourth-order valence-corrected chi connectivity index (χ4v) is 2.49. The van der Waals surface area contributed by atoms with Crippen molar-refractivity contribution in [1.29, 1.82) is 0 Å². The zero-order valence-electron chi connectivity index (χ0n) is 9.11. The summed E-state index contributed by atoms with van der Waals surface area (Å²) in [6, 6.07) is 8.79. The van der Waals surface area contributed by atoms with Crippen LogP contribution < -0.4 is 5.73 Å². The molecule has 18 heavy (non-hydrogen) atoms. The SMILES string of the molecule is NC1=NN2C(=O)C(c3ccccc3)C(=O)N=C2S1. The normalized spacial score (nSPS) is 22.7. The molecule has 0 aliphatic carbocycles. The van der Waals surface area contributed by atoms with Gasteiger partial charge >= 0.3 is 0 Å². The molecule has 2 heterocycles. The van der Waals surface area contributed by atoms with Crippen molar-refractivity contribution in [2.75, 3.05) is 0 Å². The summed E-state index contributed by atoms with van der Waals surface area (Å²) in [4.78, 5) is 28.0. The smallest absolute Gasteiger partial charge is 0.266 e. The number of hydrogen-bond donors (Lipinski definition) is 1. The maximum Gasteiger partial charge on any atom is 0.266 e. The van der Waals surface area contributed by atoms with E-state index in [1.54, 1.807) is 24.3 Å². The molecular weight excluding hydrogens is 252 g/mol. The first kappa shape index (κ1) is 11.0. The molecule has 7 heteroatoms. The maximum absolute atomic E-state index is 12.2. The number of nitrogens with two attached hydrogens (primary N) is 1. The summed E-state index contributed by atoms with van der Waals surface area (Å²) >= 11 is 1.02. The molecule has 1 aromatic rings. The second-order valence-electron chi connectivity index (χ2n) is 3.77. The molecule has 2 aliphatic heterocycles. The lowest BCUT2D eigenvalue weighted by atomic mass is 9.96. The van der Waals surface area contributed by atoms with Crippen molar-refractivity contribution < 1.29 is 9.59 Å². The van der Waals surface area contributed by atoms with Crippen LogP contribution >= 0.6 is 11.8 Å². The number of carbonyl (C=O) groups is 2. The van der Waals surface area contributed by atoms with Crippen LogP contribution in [0, 0.1) is 0 Å². The van der Waals surface area contributed by atoms with Crippen LogP contribution in [0.5, 0.6) is 0 Å². The van der Waals surface area contributed by atoms with E-state index < -0.39 is 17.7 Å². The van der Waals surface area contributed by atoms with Gasteiger partial charge in [-0.3, -0.25) is 9.59 Å². The van der Waals surface area contributed by atoms with E-state index >= 15 is 0 Å². The molecule has 0 aromatic heterocycles. The Morgan fingerprint density at radius 1 is 1.22 bits per heavy atom. The Labute approximate surface area is 107 Å². The Morgan fingerprint density at radius 3 is 2.67 bits per heavy atom. The van der Waals surface area contributed by atoms with Crippen LogP contribution in [0.2, 0.25) is 0 Å². The van der Waals surface area contributed by atoms with Crippen molar-refractivity contribution in [2.24, 2.45) is 15.8 Å². The highest BCUT2D eigenvalue weighted by Crippen LogP contribution is 2.30. The zero-order valence-corrected chi connectivity index (χ0v) is 9.92. The fourth-order valence-electron chi connectivity index (χ4n) is 1.83. The lowest BCUT2D eigenvalue weighted by Gasteiger charge is -2.22. The number of fused-ring (bicyclic) bond motifs is 1. The minimum absolute atomic E-state index is 0.212. The van der Waals surface area contributed by atoms with Gasteiger partial charge < -0.3 is 5.73 Å². The highest BCUT2D eigenvalue weighted by Gasteiger charge is 2.42. The van der Waals surface area contributed by atoms with Gasteiger partial charge in [0.1, 0.15) is 5.92 Å². The number of hydrogen-bond acceptors (Lipinski definition) is 5. The molecule has 0 radical (unpaired) electrons. The fraction of sp³-hybridized carbons (Fsp3) is 0.0909. The lowest BCUT2D eigenvalue weighted by molar-refractivity contribution is -0.135. The molecule has 0 bridgehead atoms. The molecule has 0 fully saturated rings. The van der Waals surface area contributed by atoms with Crippen molar-refractivity contribution in [3.8, 4) is 0 Å². The van der Waals surface area contributed by atoms with Crippen molar-refractivity contribution in [2.45, 2.75) is 5.92 Å². The van der Waals surface area contributed by atoms with Gasteiger partial charge in [-0.15, -0.1) is 5.10 Å². The monoisotopic (exact) mass is 260 g/mol. The first-order valence-corrected chi connectivity index (χ1v) is 6.02. The number of hydrazone groups is 1. The summed E-state index contributed by atoms with van der Waals surface area (Å²) in [6.45, 7) is 0. The number of amidine groups is 2. The molecule has 1 atom stereocenters. The summed E-state index contributed by atoms with van der Waals surface area (Å²) in [5.74, 6) is -1.82. The third-order valence-corrected chi connectivity index (χ3v) is 3.35. The predicted octanol–water partition coefficient (Wildman–Crippen LogP) is 0.471. The zero-order chi connectivity index (χ0) is 12.7. The molecule has 90 valence electrons. The minimum atomic E-state index is -0.926. The molecule has 6 nitrogen and oxygen atoms in total. The second kappa shape index (κ2) is 3.95. The van der Waals surface area contributed by atoms with Crippen LogP contribution in [0.25, 0.3) is 0 Å². The summed E-state index contributed by atoms with van der Waals surface area (Å²) in [6.07, 6.45) is 0. The standard InChI is InChI=1S/C11H8N4O2S/c12-10-14-15-9(17)7(6-4-2-1-3-5-6)8(16)13-11(15)18-10/h1-5,7H,(H2,12,14). The first-order chi connectivity index (χ1) is 8.66. The van der Waals surface area contributed by atoms with E-state index in [4.69, 9.17) is 5.73 Å². The number of nitrogens with zero attached hydrogens (tertiary/aromatic N) is 3. The molecule has 2 amide bonds. The van der Waals surface area contributed by atoms with Gasteiger partial charge in [0.25, 0.3) is 11.8 Å². The van der Waals surface area contributed by atoms with Crippen molar-refractivity contribution in [1.82, 2.24) is 5.01 Å². The largest absolute Gasteiger partial charge is 0.376 e. The molecule has 3 rings (SSSR count). The summed E-state index contributed by atoms with van der Waals surface area (Å²) in [5.41, 5.74) is 6.13. The third-order valence-electron chi connectivity index (χ3n) is 2.62. The van der Waals surface area contributed by atoms with Gasteiger partial charge in [-0.25, -0.2) is 0 Å². The van der Waals surface area contributed by atoms with Gasteiger partial charge in [-0.05, 0) is 17.3 Å². The summed E-state index contributed by atoms with van der Waals surface area (Å²) in [5, 5.41) is 5.40. The van der Waals surface area contributed by atoms with E-state index in [2.05, 4.69) is 10.1 Å². The van der Waals surface area contributed by atoms with Crippen molar-refractivity contribution in [3.05, 3.63) is 35.9 Å². The quantitative estimate of drug-likeness (QED) is 0.743. The Bertz CT molecular complexity index is 596. The number of aliphatic imine (C=N–C) groups is 1. The Morgan fingerprint density at radius 2 is 1.94 bits per heavy atom. The molecule has 1 unspecified atom stereocenters. The topological polar surface area (TPSA) is 88.1 Å². The molecular formula is C11H8N4O2S. The average Bonchev–Trinajstić information content (AvgIpc) is 2.71. The molecule has 0 spiro atoms. The number of carbonyl (C=O) groups excluding carboxylic acids is 2. The molecule has 0 saturated carbocycles. The van der Waals surface area contributed by atoms with Crippen LogP contribution in [0.1, 0.15) is 11.5 Å². The van der Waals surface area contributed by atoms with Crippen LogP contribution in [0.4, 0.5) is 0 Å². The van der Waals surface area contributed by atoms with E-state index in [1.165, 1.54) is 0 Å². The van der Waals surface area contributed by atoms with Crippen molar-refractivity contribution in [3.63, 3.8) is 0 Å². The van der Waals surface area contributed by atoms with Crippen LogP contribution in [0.15, 0.2) is 40.4 Å². The molecule has 0 saturated heterocycles. The Hall–Kier alpha value is -2.15. The highest BCUT2D eigenvalue weighted by atomic mass is 32.2. The number of thioether (sulfide) groups is 1. The Kier molecular flexibility index (Phi) is 2.41. The maximum atomic E-state index is 12.2. The molecule has 1 aromatic carbocycles. The summed E-state index contributed by atoms with van der Waals surface area (Å²) < 4.78 is 0. The van der Waals surface area contributed by atoms with E-state index in [9.17, 15) is 9.59 Å². The van der Waals surface area contributed by atoms with E-state index in [0.717, 1.165) is 16.8 Å². The van der Waals surface area contributed by atoms with Crippen LogP contribution in [-0.2, 0) is 9.59 Å². The third kappa shape index (κ3) is 1.60. The van der Waals surface area contributed by atoms with Gasteiger partial charge in [-0.1, -0.05) is 30.3 Å². The number of benzene rings is 1. The minimum Gasteiger partial charge on any atom is -0.376 e. The van der Waals surface area contributed by atoms with Gasteiger partial charge in [0.15, 0.2) is 5.17 Å². The van der Waals surface area contributed by atoms with E-state index in [-0.39, 0.29) is 10.3 Å². The molecule has 2 N–H and O–H groups in total. The second-order valence-corrected chi connectivity index (χ2v) is 4.75. The molecule has 2 aliphatic rings. The van der Waals surface area contributed by atoms with Gasteiger partial charge in [0.2, 0.25) is 5.17 Å². The number of rotatable bonds is 1. The van der Waals surface area contributed by atoms with Crippen LogP contribution in [0.3, 0.4) is 0 Å². The van der Waals surface area contributed by atoms with Crippen molar-refractivity contribution >= 4 is 33.9 Å². The first-order valence-electron chi connectivity index (χ1n) is 5.20. The van der Waals surface area contributed by atoms with E-state index in [0.29, 0.717) is 5.56 Å². The van der Waals surface area contributed by atoms with Gasteiger partial charge in [0.05, 0.1) is 0 Å². The predicted molar refractivity (Wildman–Crippen MR) is 67.7 cm³/mol.